The minimum Gasteiger partial charge on any atom is -0.359 e. The Bertz CT molecular complexity index is 320. The average molecular weight is 223 g/mol. The highest BCUT2D eigenvalue weighted by atomic mass is 16.1. The van der Waals surface area contributed by atoms with Crippen LogP contribution in [0.15, 0.2) is 6.20 Å². The number of aromatic amines is 1. The fourth-order valence-electron chi connectivity index (χ4n) is 1.68. The van der Waals surface area contributed by atoms with Crippen LogP contribution in [0.1, 0.15) is 43.6 Å². The van der Waals surface area contributed by atoms with Gasteiger partial charge in [-0.2, -0.15) is 0 Å². The van der Waals surface area contributed by atoms with E-state index < -0.39 is 0 Å². The zero-order valence-corrected chi connectivity index (χ0v) is 10.2. The van der Waals surface area contributed by atoms with Gasteiger partial charge >= 0.3 is 0 Å². The summed E-state index contributed by atoms with van der Waals surface area (Å²) < 4.78 is 0. The number of unbranched alkanes of at least 4 members (excludes halogenated alkanes) is 3. The minimum atomic E-state index is 0.143. The average Bonchev–Trinajstić information content (AvgIpc) is 2.69. The van der Waals surface area contributed by atoms with E-state index in [-0.39, 0.29) is 5.91 Å². The summed E-state index contributed by atoms with van der Waals surface area (Å²) >= 11 is 0. The molecule has 1 amide bonds. The Hall–Kier alpha value is -1.32. The molecule has 4 nitrogen and oxygen atoms in total. The van der Waals surface area contributed by atoms with Gasteiger partial charge in [0, 0.05) is 25.4 Å². The Morgan fingerprint density at radius 1 is 1.38 bits per heavy atom. The highest BCUT2D eigenvalue weighted by Gasteiger charge is 1.99. The predicted molar refractivity (Wildman–Crippen MR) is 64.2 cm³/mol. The quantitative estimate of drug-likeness (QED) is 0.694. The fourth-order valence-corrected chi connectivity index (χ4v) is 1.68. The number of carbonyl (C=O) groups excluding carboxylic acids is 1. The molecule has 0 bridgehead atoms. The Morgan fingerprint density at radius 2 is 2.12 bits per heavy atom. The van der Waals surface area contributed by atoms with E-state index in [1.807, 2.05) is 13.1 Å². The Balaban J connectivity index is 1.98. The number of imidazole rings is 1. The van der Waals surface area contributed by atoms with Crippen LogP contribution in [-0.4, -0.2) is 22.9 Å². The van der Waals surface area contributed by atoms with Crippen molar-refractivity contribution >= 4 is 5.91 Å². The number of H-pyrrole nitrogens is 1. The lowest BCUT2D eigenvalue weighted by Gasteiger charge is -2.00. The third-order valence-corrected chi connectivity index (χ3v) is 2.63. The fraction of sp³-hybridized carbons (Fsp3) is 0.667. The lowest BCUT2D eigenvalue weighted by Crippen LogP contribution is -2.16. The van der Waals surface area contributed by atoms with Gasteiger partial charge in [0.15, 0.2) is 0 Å². The largest absolute Gasteiger partial charge is 0.359 e. The van der Waals surface area contributed by atoms with Crippen LogP contribution in [0.2, 0.25) is 0 Å². The molecule has 0 aromatic carbocycles. The summed E-state index contributed by atoms with van der Waals surface area (Å²) in [7, 11) is 1.68. The van der Waals surface area contributed by atoms with E-state index in [9.17, 15) is 4.79 Å². The monoisotopic (exact) mass is 223 g/mol. The van der Waals surface area contributed by atoms with Gasteiger partial charge in [0.05, 0.1) is 0 Å². The van der Waals surface area contributed by atoms with Crippen LogP contribution in [0.25, 0.3) is 0 Å². The number of rotatable bonds is 7. The summed E-state index contributed by atoms with van der Waals surface area (Å²) in [6, 6.07) is 0. The van der Waals surface area contributed by atoms with Crippen molar-refractivity contribution in [1.82, 2.24) is 15.3 Å². The first kappa shape index (κ1) is 12.7. The normalized spacial score (nSPS) is 10.4. The molecule has 1 aromatic rings. The van der Waals surface area contributed by atoms with E-state index in [2.05, 4.69) is 15.3 Å². The van der Waals surface area contributed by atoms with Gasteiger partial charge in [0.2, 0.25) is 5.91 Å². The van der Waals surface area contributed by atoms with E-state index in [1.165, 1.54) is 12.1 Å². The Labute approximate surface area is 96.9 Å². The molecule has 1 aromatic heterocycles. The van der Waals surface area contributed by atoms with Crippen LogP contribution in [0.4, 0.5) is 0 Å². The molecule has 16 heavy (non-hydrogen) atoms. The lowest BCUT2D eigenvalue weighted by molar-refractivity contribution is -0.120. The van der Waals surface area contributed by atoms with Crippen LogP contribution >= 0.6 is 0 Å². The second kappa shape index (κ2) is 7.04. The van der Waals surface area contributed by atoms with Gasteiger partial charge in [-0.25, -0.2) is 4.98 Å². The van der Waals surface area contributed by atoms with Gasteiger partial charge in [-0.05, 0) is 26.2 Å². The summed E-state index contributed by atoms with van der Waals surface area (Å²) in [6.07, 6.45) is 8.06. The predicted octanol–water partition coefficient (Wildman–Crippen LogP) is 1.96. The van der Waals surface area contributed by atoms with E-state index >= 15 is 0 Å². The highest BCUT2D eigenvalue weighted by Crippen LogP contribution is 2.07. The molecule has 90 valence electrons. The van der Waals surface area contributed by atoms with Crippen LogP contribution in [0.5, 0.6) is 0 Å². The maximum atomic E-state index is 10.9. The van der Waals surface area contributed by atoms with E-state index in [0.29, 0.717) is 6.42 Å². The van der Waals surface area contributed by atoms with Crippen molar-refractivity contribution in [3.63, 3.8) is 0 Å². The number of hydrogen-bond acceptors (Lipinski definition) is 2. The highest BCUT2D eigenvalue weighted by molar-refractivity contribution is 5.75. The molecule has 0 aliphatic rings. The molecule has 1 rings (SSSR count). The number of aryl methyl sites for hydroxylation is 2. The maximum Gasteiger partial charge on any atom is 0.219 e. The van der Waals surface area contributed by atoms with E-state index in [0.717, 1.165) is 31.5 Å². The van der Waals surface area contributed by atoms with Crippen LogP contribution in [0.3, 0.4) is 0 Å². The first-order chi connectivity index (χ1) is 7.72. The minimum absolute atomic E-state index is 0.143. The number of amides is 1. The van der Waals surface area contributed by atoms with Crippen LogP contribution < -0.4 is 5.32 Å². The molecule has 0 aliphatic heterocycles. The van der Waals surface area contributed by atoms with E-state index in [4.69, 9.17) is 0 Å². The van der Waals surface area contributed by atoms with E-state index in [1.54, 1.807) is 7.05 Å². The molecular formula is C12H21N3O. The van der Waals surface area contributed by atoms with Crippen molar-refractivity contribution < 1.29 is 4.79 Å². The zero-order valence-electron chi connectivity index (χ0n) is 10.2. The van der Waals surface area contributed by atoms with Crippen LogP contribution in [0, 0.1) is 6.92 Å². The molecule has 0 aliphatic carbocycles. The van der Waals surface area contributed by atoms with Gasteiger partial charge < -0.3 is 10.3 Å². The maximum absolute atomic E-state index is 10.9. The number of nitrogens with one attached hydrogen (secondary N) is 2. The van der Waals surface area contributed by atoms with Crippen molar-refractivity contribution in [2.75, 3.05) is 7.05 Å². The summed E-state index contributed by atoms with van der Waals surface area (Å²) in [5.41, 5.74) is 1.21. The Kier molecular flexibility index (Phi) is 5.61. The van der Waals surface area contributed by atoms with Crippen molar-refractivity contribution in [2.24, 2.45) is 0 Å². The van der Waals surface area contributed by atoms with Crippen molar-refractivity contribution in [1.29, 1.82) is 0 Å². The molecule has 0 saturated heterocycles. The first-order valence-electron chi connectivity index (χ1n) is 5.93. The SMILES string of the molecule is CNC(=O)CCCCCCc1cnc(C)[nH]1. The van der Waals surface area contributed by atoms with Crippen molar-refractivity contribution in [3.05, 3.63) is 17.7 Å². The third-order valence-electron chi connectivity index (χ3n) is 2.63. The van der Waals surface area contributed by atoms with Crippen molar-refractivity contribution in [3.8, 4) is 0 Å². The smallest absolute Gasteiger partial charge is 0.219 e. The molecule has 0 saturated carbocycles. The molecule has 0 atom stereocenters. The summed E-state index contributed by atoms with van der Waals surface area (Å²) in [6.45, 7) is 1.97. The molecule has 2 N–H and O–H groups in total. The summed E-state index contributed by atoms with van der Waals surface area (Å²) in [5.74, 6) is 1.12. The van der Waals surface area contributed by atoms with Crippen LogP contribution in [-0.2, 0) is 11.2 Å². The molecule has 0 spiro atoms. The third kappa shape index (κ3) is 4.96. The second-order valence-electron chi connectivity index (χ2n) is 4.08. The van der Waals surface area contributed by atoms with Gasteiger partial charge in [-0.15, -0.1) is 0 Å². The van der Waals surface area contributed by atoms with Gasteiger partial charge in [0.1, 0.15) is 5.82 Å². The summed E-state index contributed by atoms with van der Waals surface area (Å²) in [4.78, 5) is 18.3. The molecule has 0 unspecified atom stereocenters. The Morgan fingerprint density at radius 3 is 2.75 bits per heavy atom. The standard InChI is InChI=1S/C12H21N3O/c1-10-14-9-11(15-10)7-5-3-4-6-8-12(16)13-2/h9H,3-8H2,1-2H3,(H,13,16)(H,14,15). The number of aromatic nitrogens is 2. The zero-order chi connectivity index (χ0) is 11.8. The number of nitrogens with zero attached hydrogens (tertiary/aromatic N) is 1. The number of carbonyl (C=O) groups is 1. The molecular weight excluding hydrogens is 202 g/mol. The van der Waals surface area contributed by atoms with Gasteiger partial charge in [0.25, 0.3) is 0 Å². The molecule has 0 fully saturated rings. The number of hydrogen-bond donors (Lipinski definition) is 2. The summed E-state index contributed by atoms with van der Waals surface area (Å²) in [5, 5.41) is 2.63. The second-order valence-corrected chi connectivity index (χ2v) is 4.08. The lowest BCUT2D eigenvalue weighted by atomic mass is 10.1. The topological polar surface area (TPSA) is 57.8 Å². The van der Waals surface area contributed by atoms with Crippen molar-refractivity contribution in [2.45, 2.75) is 45.4 Å². The molecule has 1 heterocycles. The first-order valence-corrected chi connectivity index (χ1v) is 5.93. The van der Waals surface area contributed by atoms with Gasteiger partial charge in [-0.3, -0.25) is 4.79 Å². The van der Waals surface area contributed by atoms with Gasteiger partial charge in [-0.1, -0.05) is 12.8 Å². The molecule has 0 radical (unpaired) electrons. The molecule has 4 heteroatoms.